The molecule has 156 valence electrons. The Morgan fingerprint density at radius 1 is 1.24 bits per heavy atom. The minimum atomic E-state index is -0.651. The summed E-state index contributed by atoms with van der Waals surface area (Å²) in [5.41, 5.74) is 2.55. The second-order valence-corrected chi connectivity index (χ2v) is 7.59. The summed E-state index contributed by atoms with van der Waals surface area (Å²) in [4.78, 5) is 13.5. The van der Waals surface area contributed by atoms with Crippen LogP contribution in [0.4, 0.5) is 14.9 Å². The van der Waals surface area contributed by atoms with E-state index in [-0.39, 0.29) is 24.6 Å². The minimum Gasteiger partial charge on any atom is -0.489 e. The van der Waals surface area contributed by atoms with Crippen molar-refractivity contribution in [1.29, 1.82) is 0 Å². The van der Waals surface area contributed by atoms with E-state index in [9.17, 15) is 9.18 Å². The average Bonchev–Trinajstić information content (AvgIpc) is 3.09. The zero-order chi connectivity index (χ0) is 20.8. The van der Waals surface area contributed by atoms with Gasteiger partial charge in [-0.1, -0.05) is 18.2 Å². The number of anilines is 1. The van der Waals surface area contributed by atoms with Crippen molar-refractivity contribution in [3.63, 3.8) is 0 Å². The predicted octanol–water partition coefficient (Wildman–Crippen LogP) is 4.90. The van der Waals surface area contributed by atoms with Crippen LogP contribution in [-0.2, 0) is 15.9 Å². The number of hydrogen-bond acceptors (Lipinski definition) is 5. The molecule has 0 saturated carbocycles. The fourth-order valence-electron chi connectivity index (χ4n) is 3.36. The maximum atomic E-state index is 14.2. The highest BCUT2D eigenvalue weighted by molar-refractivity contribution is 5.60. The highest BCUT2D eigenvalue weighted by atomic mass is 19.1. The maximum absolute atomic E-state index is 14.2. The average molecular weight is 401 g/mol. The number of benzene rings is 2. The highest BCUT2D eigenvalue weighted by Gasteiger charge is 2.26. The Morgan fingerprint density at radius 3 is 2.83 bits per heavy atom. The summed E-state index contributed by atoms with van der Waals surface area (Å²) in [6.45, 7) is 7.09. The summed E-state index contributed by atoms with van der Waals surface area (Å²) < 4.78 is 30.4. The Bertz CT molecular complexity index is 839. The molecule has 0 aromatic heterocycles. The van der Waals surface area contributed by atoms with Crippen LogP contribution < -0.4 is 9.64 Å². The van der Waals surface area contributed by atoms with Crippen molar-refractivity contribution in [2.45, 2.75) is 45.8 Å². The molecule has 3 rings (SSSR count). The first-order valence-electron chi connectivity index (χ1n) is 10.0. The lowest BCUT2D eigenvalue weighted by Crippen LogP contribution is -2.25. The minimum absolute atomic E-state index is 0.00298. The SMILES string of the molecule is Cc1ccc(N2CC[C@@H](Oc3cccc(CCOC(=O)OC(C)C)c3)C2)c(F)c1. The van der Waals surface area contributed by atoms with E-state index in [1.54, 1.807) is 19.9 Å². The van der Waals surface area contributed by atoms with Gasteiger partial charge in [-0.05, 0) is 56.2 Å². The molecule has 1 fully saturated rings. The van der Waals surface area contributed by atoms with Crippen molar-refractivity contribution >= 4 is 11.8 Å². The number of aryl methyl sites for hydroxylation is 1. The third kappa shape index (κ3) is 6.11. The van der Waals surface area contributed by atoms with E-state index < -0.39 is 6.16 Å². The van der Waals surface area contributed by atoms with Crippen LogP contribution in [0.3, 0.4) is 0 Å². The molecule has 0 spiro atoms. The van der Waals surface area contributed by atoms with Crippen molar-refractivity contribution in [2.75, 3.05) is 24.6 Å². The number of rotatable bonds is 7. The summed E-state index contributed by atoms with van der Waals surface area (Å²) in [7, 11) is 0. The van der Waals surface area contributed by atoms with Gasteiger partial charge in [0.15, 0.2) is 0 Å². The molecule has 1 aliphatic rings. The Balaban J connectivity index is 1.51. The van der Waals surface area contributed by atoms with Crippen LogP contribution in [0, 0.1) is 12.7 Å². The molecule has 0 radical (unpaired) electrons. The third-order valence-corrected chi connectivity index (χ3v) is 4.73. The molecule has 6 heteroatoms. The van der Waals surface area contributed by atoms with E-state index in [4.69, 9.17) is 14.2 Å². The molecule has 1 saturated heterocycles. The number of carbonyl (C=O) groups is 1. The van der Waals surface area contributed by atoms with Gasteiger partial charge >= 0.3 is 6.16 Å². The zero-order valence-corrected chi connectivity index (χ0v) is 17.2. The molecule has 1 atom stereocenters. The molecule has 2 aromatic carbocycles. The van der Waals surface area contributed by atoms with Crippen LogP contribution in [0.5, 0.6) is 5.75 Å². The molecule has 0 N–H and O–H groups in total. The van der Waals surface area contributed by atoms with Gasteiger partial charge in [0.25, 0.3) is 0 Å². The molecule has 0 amide bonds. The molecule has 1 heterocycles. The predicted molar refractivity (Wildman–Crippen MR) is 110 cm³/mol. The van der Waals surface area contributed by atoms with Crippen molar-refractivity contribution < 1.29 is 23.4 Å². The first-order chi connectivity index (χ1) is 13.9. The van der Waals surface area contributed by atoms with E-state index in [0.717, 1.165) is 29.8 Å². The molecular formula is C23H28FNO4. The maximum Gasteiger partial charge on any atom is 0.508 e. The normalized spacial score (nSPS) is 16.2. The van der Waals surface area contributed by atoms with Gasteiger partial charge in [-0.2, -0.15) is 0 Å². The van der Waals surface area contributed by atoms with E-state index >= 15 is 0 Å². The second kappa shape index (κ2) is 9.63. The Hall–Kier alpha value is -2.76. The largest absolute Gasteiger partial charge is 0.508 e. The van der Waals surface area contributed by atoms with Crippen LogP contribution in [0.1, 0.15) is 31.4 Å². The lowest BCUT2D eigenvalue weighted by atomic mass is 10.1. The van der Waals surface area contributed by atoms with Gasteiger partial charge in [0, 0.05) is 19.4 Å². The smallest absolute Gasteiger partial charge is 0.489 e. The van der Waals surface area contributed by atoms with Gasteiger partial charge in [0.1, 0.15) is 17.7 Å². The fourth-order valence-corrected chi connectivity index (χ4v) is 3.36. The van der Waals surface area contributed by atoms with Crippen molar-refractivity contribution in [3.8, 4) is 5.75 Å². The van der Waals surface area contributed by atoms with Crippen LogP contribution >= 0.6 is 0 Å². The summed E-state index contributed by atoms with van der Waals surface area (Å²) >= 11 is 0. The molecule has 0 unspecified atom stereocenters. The molecule has 5 nitrogen and oxygen atoms in total. The fraction of sp³-hybridized carbons (Fsp3) is 0.435. The molecular weight excluding hydrogens is 373 g/mol. The number of carbonyl (C=O) groups excluding carboxylic acids is 1. The third-order valence-electron chi connectivity index (χ3n) is 4.73. The zero-order valence-electron chi connectivity index (χ0n) is 17.2. The van der Waals surface area contributed by atoms with Crippen LogP contribution in [0.25, 0.3) is 0 Å². The lowest BCUT2D eigenvalue weighted by Gasteiger charge is -2.20. The summed E-state index contributed by atoms with van der Waals surface area (Å²) in [6, 6.07) is 13.1. The number of hydrogen-bond donors (Lipinski definition) is 0. The molecule has 2 aromatic rings. The monoisotopic (exact) mass is 401 g/mol. The van der Waals surface area contributed by atoms with Crippen molar-refractivity contribution in [3.05, 3.63) is 59.4 Å². The van der Waals surface area contributed by atoms with Crippen LogP contribution in [0.2, 0.25) is 0 Å². The summed E-state index contributed by atoms with van der Waals surface area (Å²) in [5.74, 6) is 0.576. The van der Waals surface area contributed by atoms with Crippen LogP contribution in [-0.4, -0.2) is 38.1 Å². The molecule has 1 aliphatic heterocycles. The second-order valence-electron chi connectivity index (χ2n) is 7.59. The van der Waals surface area contributed by atoms with Gasteiger partial charge in [-0.25, -0.2) is 9.18 Å². The standard InChI is InChI=1S/C23H28FNO4/c1-16(2)28-23(26)27-12-10-18-5-4-6-19(14-18)29-20-9-11-25(15-20)22-8-7-17(3)13-21(22)24/h4-8,13-14,16,20H,9-12,15H2,1-3H3/t20-/m1/s1. The topological polar surface area (TPSA) is 48.0 Å². The van der Waals surface area contributed by atoms with Gasteiger partial charge in [0.2, 0.25) is 0 Å². The van der Waals surface area contributed by atoms with Gasteiger partial charge < -0.3 is 19.1 Å². The Labute approximate surface area is 171 Å². The quantitative estimate of drug-likeness (QED) is 0.618. The van der Waals surface area contributed by atoms with Crippen molar-refractivity contribution in [2.24, 2.45) is 0 Å². The first kappa shape index (κ1) is 21.0. The molecule has 29 heavy (non-hydrogen) atoms. The van der Waals surface area contributed by atoms with E-state index in [2.05, 4.69) is 0 Å². The number of nitrogens with zero attached hydrogens (tertiary/aromatic N) is 1. The summed E-state index contributed by atoms with van der Waals surface area (Å²) in [6.07, 6.45) is 0.570. The molecule has 0 bridgehead atoms. The number of ether oxygens (including phenoxy) is 3. The highest BCUT2D eigenvalue weighted by Crippen LogP contribution is 2.27. The Kier molecular flexibility index (Phi) is 6.96. The lowest BCUT2D eigenvalue weighted by molar-refractivity contribution is 0.0353. The summed E-state index contributed by atoms with van der Waals surface area (Å²) in [5, 5.41) is 0. The first-order valence-corrected chi connectivity index (χ1v) is 10.0. The van der Waals surface area contributed by atoms with E-state index in [0.29, 0.717) is 18.7 Å². The van der Waals surface area contributed by atoms with Gasteiger partial charge in [-0.3, -0.25) is 0 Å². The molecule has 0 aliphatic carbocycles. The van der Waals surface area contributed by atoms with Crippen LogP contribution in [0.15, 0.2) is 42.5 Å². The van der Waals surface area contributed by atoms with Crippen molar-refractivity contribution in [1.82, 2.24) is 0 Å². The van der Waals surface area contributed by atoms with E-state index in [1.165, 1.54) is 0 Å². The number of halogens is 1. The van der Waals surface area contributed by atoms with Gasteiger partial charge in [-0.15, -0.1) is 0 Å². The van der Waals surface area contributed by atoms with E-state index in [1.807, 2.05) is 48.2 Å². The Morgan fingerprint density at radius 2 is 2.07 bits per heavy atom. The van der Waals surface area contributed by atoms with Gasteiger partial charge in [0.05, 0.1) is 24.9 Å².